The van der Waals surface area contributed by atoms with Crippen molar-refractivity contribution in [3.63, 3.8) is 0 Å². The topological polar surface area (TPSA) is 45.2 Å². The van der Waals surface area contributed by atoms with Crippen molar-refractivity contribution in [2.45, 2.75) is 25.9 Å². The van der Waals surface area contributed by atoms with Gasteiger partial charge in [0.15, 0.2) is 0 Å². The van der Waals surface area contributed by atoms with Crippen LogP contribution < -0.4 is 5.32 Å². The van der Waals surface area contributed by atoms with E-state index in [0.29, 0.717) is 24.4 Å². The Balaban J connectivity index is 1.68. The number of rotatable bonds is 5. The van der Waals surface area contributed by atoms with E-state index in [2.05, 4.69) is 15.2 Å². The molecular formula is C21H21F4N3O. The molecule has 1 unspecified atom stereocenters. The van der Waals surface area contributed by atoms with Crippen LogP contribution in [-0.2, 0) is 0 Å². The van der Waals surface area contributed by atoms with E-state index in [9.17, 15) is 22.4 Å². The Kier molecular flexibility index (Phi) is 6.64. The van der Waals surface area contributed by atoms with Gasteiger partial charge in [-0.2, -0.15) is 0 Å². The predicted molar refractivity (Wildman–Crippen MR) is 103 cm³/mol. The highest BCUT2D eigenvalue weighted by Gasteiger charge is 2.20. The van der Waals surface area contributed by atoms with Crippen molar-refractivity contribution in [2.24, 2.45) is 0 Å². The molecule has 0 bridgehead atoms. The second-order valence-corrected chi connectivity index (χ2v) is 7.03. The first-order chi connectivity index (χ1) is 13.8. The molecule has 1 saturated heterocycles. The number of nitrogens with zero attached hydrogens (tertiary/aromatic N) is 2. The minimum absolute atomic E-state index is 0.121. The minimum Gasteiger partial charge on any atom is -0.306 e. The Labute approximate surface area is 166 Å². The molecule has 0 spiro atoms. The van der Waals surface area contributed by atoms with E-state index in [4.69, 9.17) is 0 Å². The molecule has 1 fully saturated rings. The maximum atomic E-state index is 13.8. The number of hydrogen-bond acceptors (Lipinski definition) is 3. The summed E-state index contributed by atoms with van der Waals surface area (Å²) in [5.74, 6) is -4.60. The van der Waals surface area contributed by atoms with Crippen LogP contribution >= 0.6 is 0 Å². The fourth-order valence-electron chi connectivity index (χ4n) is 3.27. The number of hydrogen-bond donors (Lipinski definition) is 1. The lowest BCUT2D eigenvalue weighted by molar-refractivity contribution is 0.101. The van der Waals surface area contributed by atoms with Crippen LogP contribution in [0.1, 0.15) is 35.8 Å². The van der Waals surface area contributed by atoms with Crippen molar-refractivity contribution < 1.29 is 22.4 Å². The van der Waals surface area contributed by atoms with Gasteiger partial charge < -0.3 is 5.32 Å². The predicted octanol–water partition coefficient (Wildman–Crippen LogP) is 4.59. The Hall–Kier alpha value is -2.74. The summed E-state index contributed by atoms with van der Waals surface area (Å²) in [6.07, 6.45) is 2.61. The first-order valence-electron chi connectivity index (χ1n) is 9.30. The monoisotopic (exact) mass is 407 g/mol. The first kappa shape index (κ1) is 21.0. The normalized spacial score (nSPS) is 15.8. The number of anilines is 1. The molecule has 0 radical (unpaired) electrons. The zero-order valence-electron chi connectivity index (χ0n) is 15.9. The summed E-state index contributed by atoms with van der Waals surface area (Å²) in [6, 6.07) is 5.79. The highest BCUT2D eigenvalue weighted by Crippen LogP contribution is 2.21. The molecule has 1 aliphatic rings. The van der Waals surface area contributed by atoms with E-state index < -0.39 is 35.1 Å². The minimum atomic E-state index is -1.28. The van der Waals surface area contributed by atoms with E-state index in [1.54, 1.807) is 19.1 Å². The Morgan fingerprint density at radius 2 is 1.86 bits per heavy atom. The number of likely N-dealkylation sites (tertiary alicyclic amines) is 1. The highest BCUT2D eigenvalue weighted by atomic mass is 19.1. The largest absolute Gasteiger partial charge is 0.306 e. The van der Waals surface area contributed by atoms with E-state index in [1.807, 2.05) is 6.08 Å². The second kappa shape index (κ2) is 9.17. The van der Waals surface area contributed by atoms with Gasteiger partial charge in [-0.15, -0.1) is 0 Å². The lowest BCUT2D eigenvalue weighted by Gasteiger charge is -2.28. The number of halogens is 4. The third kappa shape index (κ3) is 5.63. The van der Waals surface area contributed by atoms with Gasteiger partial charge in [0, 0.05) is 31.8 Å². The van der Waals surface area contributed by atoms with Gasteiger partial charge in [-0.25, -0.2) is 22.5 Å². The average Bonchev–Trinajstić information content (AvgIpc) is 2.62. The Morgan fingerprint density at radius 3 is 2.48 bits per heavy atom. The molecule has 1 aliphatic heterocycles. The first-order valence-corrected chi connectivity index (χ1v) is 9.30. The quantitative estimate of drug-likeness (QED) is 0.738. The second-order valence-electron chi connectivity index (χ2n) is 7.03. The number of alkyl halides is 1. The molecule has 4 nitrogen and oxygen atoms in total. The fourth-order valence-corrected chi connectivity index (χ4v) is 3.27. The van der Waals surface area contributed by atoms with Crippen LogP contribution in [0.2, 0.25) is 0 Å². The summed E-state index contributed by atoms with van der Waals surface area (Å²) in [7, 11) is 0. The number of aromatic nitrogens is 1. The van der Waals surface area contributed by atoms with Gasteiger partial charge in [-0.1, -0.05) is 11.6 Å². The molecule has 0 aliphatic carbocycles. The van der Waals surface area contributed by atoms with Crippen molar-refractivity contribution in [3.05, 3.63) is 64.6 Å². The molecule has 8 heteroatoms. The van der Waals surface area contributed by atoms with Gasteiger partial charge in [0.05, 0.1) is 5.69 Å². The van der Waals surface area contributed by atoms with E-state index in [1.165, 1.54) is 6.07 Å². The SMILES string of the molecule is CC(F)CN1CCC(=Cc2cccc(NC(=O)c3c(F)cc(F)cc3F)n2)CC1. The number of nitrogens with one attached hydrogen (secondary N) is 1. The zero-order valence-corrected chi connectivity index (χ0v) is 15.9. The molecule has 154 valence electrons. The number of amides is 1. The molecule has 1 atom stereocenters. The van der Waals surface area contributed by atoms with Crippen LogP contribution in [-0.4, -0.2) is 41.6 Å². The van der Waals surface area contributed by atoms with Crippen LogP contribution in [0.5, 0.6) is 0 Å². The van der Waals surface area contributed by atoms with Gasteiger partial charge in [-0.3, -0.25) is 9.69 Å². The maximum absolute atomic E-state index is 13.8. The zero-order chi connectivity index (χ0) is 21.0. The lowest BCUT2D eigenvalue weighted by Crippen LogP contribution is -2.34. The summed E-state index contributed by atoms with van der Waals surface area (Å²) in [4.78, 5) is 18.5. The summed E-state index contributed by atoms with van der Waals surface area (Å²) in [6.45, 7) is 3.49. The summed E-state index contributed by atoms with van der Waals surface area (Å²) < 4.78 is 53.6. The molecule has 29 heavy (non-hydrogen) atoms. The molecule has 1 aromatic heterocycles. The van der Waals surface area contributed by atoms with Crippen molar-refractivity contribution in [1.82, 2.24) is 9.88 Å². The Morgan fingerprint density at radius 1 is 1.21 bits per heavy atom. The molecule has 1 aromatic carbocycles. The molecule has 2 aromatic rings. The van der Waals surface area contributed by atoms with Crippen LogP contribution in [0, 0.1) is 17.5 Å². The van der Waals surface area contributed by atoms with E-state index >= 15 is 0 Å². The number of benzene rings is 1. The van der Waals surface area contributed by atoms with Crippen LogP contribution in [0.25, 0.3) is 6.08 Å². The van der Waals surface area contributed by atoms with Crippen LogP contribution in [0.15, 0.2) is 35.9 Å². The van der Waals surface area contributed by atoms with Gasteiger partial charge in [0.25, 0.3) is 5.91 Å². The number of carbonyl (C=O) groups is 1. The molecule has 1 amide bonds. The molecule has 2 heterocycles. The number of pyridine rings is 1. The smallest absolute Gasteiger partial charge is 0.262 e. The molecular weight excluding hydrogens is 386 g/mol. The third-order valence-corrected chi connectivity index (χ3v) is 4.61. The number of carbonyl (C=O) groups excluding carboxylic acids is 1. The average molecular weight is 407 g/mol. The summed E-state index contributed by atoms with van der Waals surface area (Å²) in [5, 5.41) is 2.33. The van der Waals surface area contributed by atoms with Crippen LogP contribution in [0.4, 0.5) is 23.4 Å². The Bertz CT molecular complexity index is 897. The standard InChI is InChI=1S/C21H21F4N3O/c1-13(22)12-28-7-5-14(6-8-28)9-16-3-2-4-19(26-16)27-21(29)20-17(24)10-15(23)11-18(20)25/h2-4,9-11,13H,5-8,12H2,1H3,(H,26,27,29). The highest BCUT2D eigenvalue weighted by molar-refractivity contribution is 6.04. The summed E-state index contributed by atoms with van der Waals surface area (Å²) >= 11 is 0. The van der Waals surface area contributed by atoms with Crippen molar-refractivity contribution in [2.75, 3.05) is 25.0 Å². The van der Waals surface area contributed by atoms with Crippen LogP contribution in [0.3, 0.4) is 0 Å². The lowest BCUT2D eigenvalue weighted by atomic mass is 10.0. The summed E-state index contributed by atoms with van der Waals surface area (Å²) in [5.41, 5.74) is 0.871. The van der Waals surface area contributed by atoms with Gasteiger partial charge in [0.1, 0.15) is 35.0 Å². The molecule has 3 rings (SSSR count). The van der Waals surface area contributed by atoms with Gasteiger partial charge >= 0.3 is 0 Å². The van der Waals surface area contributed by atoms with Crippen molar-refractivity contribution in [3.8, 4) is 0 Å². The number of piperidine rings is 1. The van der Waals surface area contributed by atoms with Gasteiger partial charge in [0.2, 0.25) is 0 Å². The van der Waals surface area contributed by atoms with E-state index in [0.717, 1.165) is 31.5 Å². The maximum Gasteiger partial charge on any atom is 0.262 e. The molecule has 1 N–H and O–H groups in total. The van der Waals surface area contributed by atoms with Crippen molar-refractivity contribution >= 4 is 17.8 Å². The van der Waals surface area contributed by atoms with E-state index in [-0.39, 0.29) is 5.82 Å². The molecule has 0 saturated carbocycles. The van der Waals surface area contributed by atoms with Crippen molar-refractivity contribution in [1.29, 1.82) is 0 Å². The van der Waals surface area contributed by atoms with Gasteiger partial charge in [-0.05, 0) is 38.0 Å². The third-order valence-electron chi connectivity index (χ3n) is 4.61. The fraction of sp³-hybridized carbons (Fsp3) is 0.333.